The van der Waals surface area contributed by atoms with Crippen molar-refractivity contribution < 1.29 is 4.79 Å². The van der Waals surface area contributed by atoms with Crippen LogP contribution in [0.3, 0.4) is 0 Å². The Morgan fingerprint density at radius 1 is 1.71 bits per heavy atom. The second-order valence-electron chi connectivity index (χ2n) is 1.38. The van der Waals surface area contributed by atoms with Crippen molar-refractivity contribution in [2.45, 2.75) is 18.4 Å². The SMILES string of the molecule is O=CS.[Si]C1CC1. The third kappa shape index (κ3) is 10.7. The molecule has 0 amide bonds. The maximum Gasteiger partial charge on any atom is 0.173 e. The highest BCUT2D eigenvalue weighted by Crippen LogP contribution is 2.31. The lowest BCUT2D eigenvalue weighted by Gasteiger charge is -1.51. The molecule has 1 aliphatic carbocycles. The van der Waals surface area contributed by atoms with E-state index in [1.54, 1.807) is 0 Å². The lowest BCUT2D eigenvalue weighted by Crippen LogP contribution is -1.47. The summed E-state index contributed by atoms with van der Waals surface area (Å²) in [6.07, 6.45) is 2.80. The van der Waals surface area contributed by atoms with Crippen LogP contribution in [-0.2, 0) is 4.79 Å². The highest BCUT2D eigenvalue weighted by Gasteiger charge is 2.12. The third-order valence-corrected chi connectivity index (χ3v) is 1.15. The van der Waals surface area contributed by atoms with Crippen molar-refractivity contribution in [3.63, 3.8) is 0 Å². The Bertz CT molecular complexity index is 53.7. The molecule has 0 aromatic heterocycles. The number of hydrogen-bond donors (Lipinski definition) is 1. The van der Waals surface area contributed by atoms with Crippen LogP contribution in [0, 0.1) is 0 Å². The van der Waals surface area contributed by atoms with Gasteiger partial charge in [-0.3, -0.25) is 4.79 Å². The highest BCUT2D eigenvalue weighted by molar-refractivity contribution is 7.94. The van der Waals surface area contributed by atoms with Crippen LogP contribution < -0.4 is 0 Å². The Labute approximate surface area is 52.3 Å². The van der Waals surface area contributed by atoms with Crippen molar-refractivity contribution in [3.8, 4) is 0 Å². The molecule has 3 heteroatoms. The minimum atomic E-state index is 0.444. The second-order valence-corrected chi connectivity index (χ2v) is 2.41. The molecule has 0 aliphatic heterocycles. The molecule has 3 radical (unpaired) electrons. The van der Waals surface area contributed by atoms with Crippen LogP contribution in [0.25, 0.3) is 0 Å². The number of hydrogen-bond acceptors (Lipinski definition) is 1. The predicted octanol–water partition coefficient (Wildman–Crippen LogP) is 0.844. The molecule has 1 aliphatic rings. The Hall–Kier alpha value is 0.237. The third-order valence-electron chi connectivity index (χ3n) is 0.577. The van der Waals surface area contributed by atoms with E-state index in [0.717, 1.165) is 5.54 Å². The van der Waals surface area contributed by atoms with Gasteiger partial charge in [0.2, 0.25) is 0 Å². The van der Waals surface area contributed by atoms with Crippen molar-refractivity contribution in [1.82, 2.24) is 0 Å². The van der Waals surface area contributed by atoms with Gasteiger partial charge in [0, 0.05) is 10.2 Å². The van der Waals surface area contributed by atoms with Crippen LogP contribution >= 0.6 is 12.6 Å². The van der Waals surface area contributed by atoms with Gasteiger partial charge >= 0.3 is 0 Å². The van der Waals surface area contributed by atoms with Crippen molar-refractivity contribution in [3.05, 3.63) is 0 Å². The van der Waals surface area contributed by atoms with E-state index in [0.29, 0.717) is 5.62 Å². The quantitative estimate of drug-likeness (QED) is 0.293. The zero-order valence-electron chi connectivity index (χ0n) is 3.92. The predicted molar refractivity (Wildman–Crippen MR) is 34.5 cm³/mol. The fourth-order valence-electron chi connectivity index (χ4n) is 0.0833. The summed E-state index contributed by atoms with van der Waals surface area (Å²) in [5.41, 5.74) is 1.33. The molecule has 0 unspecified atom stereocenters. The largest absolute Gasteiger partial charge is 0.291 e. The molecule has 7 heavy (non-hydrogen) atoms. The van der Waals surface area contributed by atoms with E-state index >= 15 is 0 Å². The van der Waals surface area contributed by atoms with E-state index in [-0.39, 0.29) is 0 Å². The number of thiol groups is 1. The van der Waals surface area contributed by atoms with Gasteiger partial charge < -0.3 is 0 Å². The first-order chi connectivity index (χ1) is 3.31. The van der Waals surface area contributed by atoms with E-state index in [9.17, 15) is 0 Å². The van der Waals surface area contributed by atoms with Gasteiger partial charge in [0.15, 0.2) is 5.62 Å². The molecule has 1 fully saturated rings. The Morgan fingerprint density at radius 2 is 1.86 bits per heavy atom. The van der Waals surface area contributed by atoms with Crippen molar-refractivity contribution >= 4 is 28.5 Å². The first-order valence-corrected chi connectivity index (χ1v) is 3.19. The highest BCUT2D eigenvalue weighted by atomic mass is 32.1. The molecular formula is C4H7OSSi. The van der Waals surface area contributed by atoms with E-state index in [4.69, 9.17) is 4.79 Å². The van der Waals surface area contributed by atoms with Crippen molar-refractivity contribution in [2.75, 3.05) is 0 Å². The molecule has 0 bridgehead atoms. The Kier molecular flexibility index (Phi) is 4.55. The summed E-state index contributed by atoms with van der Waals surface area (Å²) < 4.78 is 0. The van der Waals surface area contributed by atoms with Gasteiger partial charge in [-0.25, -0.2) is 0 Å². The summed E-state index contributed by atoms with van der Waals surface area (Å²) in [6.45, 7) is 0. The van der Waals surface area contributed by atoms with E-state index in [1.807, 2.05) is 0 Å². The molecule has 1 rings (SSSR count). The Balaban J connectivity index is 0.000000110. The van der Waals surface area contributed by atoms with Gasteiger partial charge in [-0.05, 0) is 0 Å². The molecule has 0 N–H and O–H groups in total. The maximum absolute atomic E-state index is 8.67. The van der Waals surface area contributed by atoms with Gasteiger partial charge in [-0.1, -0.05) is 18.4 Å². The van der Waals surface area contributed by atoms with Gasteiger partial charge in [-0.2, -0.15) is 0 Å². The minimum Gasteiger partial charge on any atom is -0.291 e. The molecule has 0 aromatic carbocycles. The van der Waals surface area contributed by atoms with Crippen LogP contribution in [0.2, 0.25) is 5.54 Å². The van der Waals surface area contributed by atoms with Gasteiger partial charge in [0.1, 0.15) is 0 Å². The molecule has 0 spiro atoms. The molecule has 0 saturated heterocycles. The van der Waals surface area contributed by atoms with Gasteiger partial charge in [0.25, 0.3) is 0 Å². The zero-order valence-corrected chi connectivity index (χ0v) is 5.82. The minimum absolute atomic E-state index is 0.444. The van der Waals surface area contributed by atoms with Crippen LogP contribution in [0.4, 0.5) is 0 Å². The van der Waals surface area contributed by atoms with Gasteiger partial charge in [-0.15, -0.1) is 12.6 Å². The summed E-state index contributed by atoms with van der Waals surface area (Å²) in [4.78, 5) is 8.67. The molecule has 0 heterocycles. The maximum atomic E-state index is 8.67. The van der Waals surface area contributed by atoms with Crippen LogP contribution in [0.1, 0.15) is 12.8 Å². The van der Waals surface area contributed by atoms with Crippen LogP contribution in [0.5, 0.6) is 0 Å². The second kappa shape index (κ2) is 4.40. The molecule has 0 aromatic rings. The summed E-state index contributed by atoms with van der Waals surface area (Å²) in [5.74, 6) is 0. The molecule has 1 saturated carbocycles. The first-order valence-electron chi connectivity index (χ1n) is 2.10. The molecular weight excluding hydrogens is 124 g/mol. The number of carbonyl (C=O) groups excluding carboxylic acids is 1. The summed E-state index contributed by atoms with van der Waals surface area (Å²) in [5, 5.41) is 0. The van der Waals surface area contributed by atoms with Gasteiger partial charge in [0.05, 0.1) is 0 Å². The fourth-order valence-corrected chi connectivity index (χ4v) is 0.250. The topological polar surface area (TPSA) is 17.1 Å². The standard InChI is InChI=1S/C3H5Si.CH2OS/c4-3-1-2-3;2-1-3/h3H,1-2H2;1H,(H,2,3). The zero-order chi connectivity index (χ0) is 5.70. The van der Waals surface area contributed by atoms with E-state index < -0.39 is 0 Å². The van der Waals surface area contributed by atoms with E-state index in [1.165, 1.54) is 12.8 Å². The van der Waals surface area contributed by atoms with Crippen LogP contribution in [-0.4, -0.2) is 15.9 Å². The molecule has 39 valence electrons. The average Bonchev–Trinajstić information content (AvgIpc) is 2.25. The van der Waals surface area contributed by atoms with Crippen molar-refractivity contribution in [2.24, 2.45) is 0 Å². The van der Waals surface area contributed by atoms with E-state index in [2.05, 4.69) is 22.9 Å². The smallest absolute Gasteiger partial charge is 0.173 e. The average molecular weight is 131 g/mol. The van der Waals surface area contributed by atoms with Crippen molar-refractivity contribution in [1.29, 1.82) is 0 Å². The Morgan fingerprint density at radius 3 is 1.86 bits per heavy atom. The number of carbonyl (C=O) groups is 1. The van der Waals surface area contributed by atoms with Crippen LogP contribution in [0.15, 0.2) is 0 Å². The molecule has 1 nitrogen and oxygen atoms in total. The summed E-state index contributed by atoms with van der Waals surface area (Å²) >= 11 is 3.11. The lowest BCUT2D eigenvalue weighted by molar-refractivity contribution is 0.570. The first kappa shape index (κ1) is 7.24. The normalized spacial score (nSPS) is 16.9. The summed E-state index contributed by atoms with van der Waals surface area (Å²) in [7, 11) is 3.42. The number of rotatable bonds is 0. The summed E-state index contributed by atoms with van der Waals surface area (Å²) in [6, 6.07) is 0. The lowest BCUT2D eigenvalue weighted by atomic mass is 11.0. The monoisotopic (exact) mass is 131 g/mol. The molecule has 0 atom stereocenters. The fraction of sp³-hybridized carbons (Fsp3) is 0.750.